The third-order valence-electron chi connectivity index (χ3n) is 5.21. The standard InChI is InChI=1S/C24H32N6OS/c1-4-5-14-30(24(32)25-22(31)15-17(2)3)16-18-10-12-19(13-11-18)20-8-6-7-9-21(20)23-26-28-29-27-23/h6-13,17,22,31H,4-5,14-16H2,1-3H3,(H,25,32)(H,26,27,28,29). The maximum Gasteiger partial charge on any atom is 0.205 e. The lowest BCUT2D eigenvalue weighted by atomic mass is 9.98. The molecule has 1 atom stereocenters. The van der Waals surface area contributed by atoms with Crippen LogP contribution in [0.3, 0.4) is 0 Å². The van der Waals surface area contributed by atoms with Crippen molar-refractivity contribution >= 4 is 17.3 Å². The number of nitrogens with zero attached hydrogens (tertiary/aromatic N) is 4. The average Bonchev–Trinajstić information content (AvgIpc) is 3.31. The van der Waals surface area contributed by atoms with Crippen LogP contribution in [0.2, 0.25) is 0 Å². The van der Waals surface area contributed by atoms with E-state index in [0.717, 1.165) is 41.6 Å². The van der Waals surface area contributed by atoms with Crippen molar-refractivity contribution < 1.29 is 5.11 Å². The van der Waals surface area contributed by atoms with Crippen molar-refractivity contribution in [3.8, 4) is 22.5 Å². The van der Waals surface area contributed by atoms with Crippen LogP contribution in [0, 0.1) is 5.92 Å². The molecule has 3 N–H and O–H groups in total. The molecular formula is C24H32N6OS. The van der Waals surface area contributed by atoms with Gasteiger partial charge in [-0.15, -0.1) is 10.2 Å². The molecule has 170 valence electrons. The second-order valence-electron chi connectivity index (χ2n) is 8.35. The zero-order chi connectivity index (χ0) is 22.9. The van der Waals surface area contributed by atoms with Gasteiger partial charge in [-0.1, -0.05) is 75.7 Å². The van der Waals surface area contributed by atoms with E-state index in [9.17, 15) is 5.11 Å². The highest BCUT2D eigenvalue weighted by Gasteiger charge is 2.15. The first-order valence-electron chi connectivity index (χ1n) is 11.1. The summed E-state index contributed by atoms with van der Waals surface area (Å²) >= 11 is 5.61. The highest BCUT2D eigenvalue weighted by Crippen LogP contribution is 2.29. The van der Waals surface area contributed by atoms with Gasteiger partial charge in [0, 0.05) is 18.7 Å². The average molecular weight is 453 g/mol. The van der Waals surface area contributed by atoms with Crippen molar-refractivity contribution in [2.75, 3.05) is 6.54 Å². The molecule has 1 heterocycles. The number of hydrogen-bond donors (Lipinski definition) is 3. The summed E-state index contributed by atoms with van der Waals surface area (Å²) in [4.78, 5) is 2.13. The van der Waals surface area contributed by atoms with Gasteiger partial charge in [0.15, 0.2) is 5.11 Å². The van der Waals surface area contributed by atoms with E-state index in [2.05, 4.69) is 81.9 Å². The molecule has 0 aliphatic heterocycles. The van der Waals surface area contributed by atoms with Crippen molar-refractivity contribution in [1.29, 1.82) is 0 Å². The lowest BCUT2D eigenvalue weighted by molar-refractivity contribution is 0.130. The number of aliphatic hydroxyl groups excluding tert-OH is 1. The van der Waals surface area contributed by atoms with E-state index in [0.29, 0.717) is 29.8 Å². The van der Waals surface area contributed by atoms with Gasteiger partial charge in [0.25, 0.3) is 0 Å². The van der Waals surface area contributed by atoms with Crippen LogP contribution >= 0.6 is 12.2 Å². The Balaban J connectivity index is 1.73. The SMILES string of the molecule is CCCCN(Cc1ccc(-c2ccccc2-c2nn[nH]n2)cc1)C(=S)NC(O)CC(C)C. The molecule has 1 aromatic heterocycles. The van der Waals surface area contributed by atoms with Crippen LogP contribution in [0.4, 0.5) is 0 Å². The number of benzene rings is 2. The predicted molar refractivity (Wildman–Crippen MR) is 132 cm³/mol. The Labute approximate surface area is 195 Å². The van der Waals surface area contributed by atoms with Crippen LogP contribution in [0.5, 0.6) is 0 Å². The van der Waals surface area contributed by atoms with Gasteiger partial charge in [0.2, 0.25) is 5.82 Å². The van der Waals surface area contributed by atoms with Gasteiger partial charge in [0.1, 0.15) is 6.23 Å². The Kier molecular flexibility index (Phi) is 8.70. The molecule has 0 radical (unpaired) electrons. The molecule has 3 aromatic rings. The Morgan fingerprint density at radius 1 is 1.12 bits per heavy atom. The number of hydrogen-bond acceptors (Lipinski definition) is 5. The lowest BCUT2D eigenvalue weighted by Crippen LogP contribution is -2.45. The molecule has 0 saturated heterocycles. The normalized spacial score (nSPS) is 12.0. The molecular weight excluding hydrogens is 420 g/mol. The fourth-order valence-electron chi connectivity index (χ4n) is 3.56. The van der Waals surface area contributed by atoms with Gasteiger partial charge in [-0.3, -0.25) is 0 Å². The summed E-state index contributed by atoms with van der Waals surface area (Å²) in [5.74, 6) is 0.971. The number of H-pyrrole nitrogens is 1. The number of nitrogens with one attached hydrogen (secondary N) is 2. The van der Waals surface area contributed by atoms with Crippen molar-refractivity contribution in [1.82, 2.24) is 30.8 Å². The van der Waals surface area contributed by atoms with Crippen LogP contribution in [-0.2, 0) is 6.54 Å². The van der Waals surface area contributed by atoms with Gasteiger partial charge in [-0.25, -0.2) is 0 Å². The largest absolute Gasteiger partial charge is 0.374 e. The number of rotatable bonds is 10. The number of aromatic amines is 1. The lowest BCUT2D eigenvalue weighted by Gasteiger charge is -2.28. The van der Waals surface area contributed by atoms with E-state index in [4.69, 9.17) is 12.2 Å². The number of aromatic nitrogens is 4. The summed E-state index contributed by atoms with van der Waals surface area (Å²) in [5, 5.41) is 28.4. The van der Waals surface area contributed by atoms with Crippen molar-refractivity contribution in [3.63, 3.8) is 0 Å². The highest BCUT2D eigenvalue weighted by molar-refractivity contribution is 7.80. The molecule has 1 unspecified atom stereocenters. The molecule has 0 aliphatic rings. The summed E-state index contributed by atoms with van der Waals surface area (Å²) in [6.45, 7) is 7.87. The van der Waals surface area contributed by atoms with Gasteiger partial charge < -0.3 is 15.3 Å². The first-order valence-corrected chi connectivity index (χ1v) is 11.5. The van der Waals surface area contributed by atoms with Crippen LogP contribution in [0.1, 0.15) is 45.6 Å². The quantitative estimate of drug-likeness (QED) is 0.311. The second-order valence-corrected chi connectivity index (χ2v) is 8.73. The van der Waals surface area contributed by atoms with E-state index in [1.165, 1.54) is 0 Å². The zero-order valence-corrected chi connectivity index (χ0v) is 19.8. The highest BCUT2D eigenvalue weighted by atomic mass is 32.1. The van der Waals surface area contributed by atoms with Gasteiger partial charge in [0.05, 0.1) is 0 Å². The third kappa shape index (κ3) is 6.58. The van der Waals surface area contributed by atoms with E-state index in [1.807, 2.05) is 18.2 Å². The molecule has 2 aromatic carbocycles. The van der Waals surface area contributed by atoms with E-state index in [-0.39, 0.29) is 0 Å². The molecule has 8 heteroatoms. The Hall–Kier alpha value is -2.84. The number of thiocarbonyl (C=S) groups is 1. The van der Waals surface area contributed by atoms with Crippen molar-refractivity contribution in [2.24, 2.45) is 5.92 Å². The van der Waals surface area contributed by atoms with Crippen molar-refractivity contribution in [2.45, 2.75) is 52.8 Å². The van der Waals surface area contributed by atoms with Crippen LogP contribution in [0.15, 0.2) is 48.5 Å². The van der Waals surface area contributed by atoms with Gasteiger partial charge in [-0.05, 0) is 52.9 Å². The van der Waals surface area contributed by atoms with E-state index in [1.54, 1.807) is 0 Å². The topological polar surface area (TPSA) is 90.0 Å². The monoisotopic (exact) mass is 452 g/mol. The summed E-state index contributed by atoms with van der Waals surface area (Å²) < 4.78 is 0. The molecule has 0 saturated carbocycles. The maximum atomic E-state index is 10.3. The summed E-state index contributed by atoms with van der Waals surface area (Å²) in [6, 6.07) is 16.5. The summed E-state index contributed by atoms with van der Waals surface area (Å²) in [5.41, 5.74) is 4.23. The maximum absolute atomic E-state index is 10.3. The molecule has 32 heavy (non-hydrogen) atoms. The Morgan fingerprint density at radius 2 is 1.84 bits per heavy atom. The summed E-state index contributed by atoms with van der Waals surface area (Å²) in [6.07, 6.45) is 2.16. The third-order valence-corrected chi connectivity index (χ3v) is 5.58. The van der Waals surface area contributed by atoms with Crippen molar-refractivity contribution in [3.05, 3.63) is 54.1 Å². The summed E-state index contributed by atoms with van der Waals surface area (Å²) in [7, 11) is 0. The predicted octanol–water partition coefficient (Wildman–Crippen LogP) is 4.37. The van der Waals surface area contributed by atoms with Crippen LogP contribution < -0.4 is 5.32 Å². The first-order chi connectivity index (χ1) is 15.5. The molecule has 0 spiro atoms. The minimum absolute atomic E-state index is 0.396. The smallest absolute Gasteiger partial charge is 0.205 e. The molecule has 0 fully saturated rings. The molecule has 0 aliphatic carbocycles. The molecule has 7 nitrogen and oxygen atoms in total. The number of aliphatic hydroxyl groups is 1. The first kappa shape index (κ1) is 23.8. The van der Waals surface area contributed by atoms with E-state index < -0.39 is 6.23 Å². The number of unbranched alkanes of at least 4 members (excludes halogenated alkanes) is 1. The molecule has 3 rings (SSSR count). The minimum atomic E-state index is -0.629. The second kappa shape index (κ2) is 11.7. The molecule has 0 amide bonds. The fraction of sp³-hybridized carbons (Fsp3) is 0.417. The van der Waals surface area contributed by atoms with Crippen LogP contribution in [-0.4, -0.2) is 48.5 Å². The minimum Gasteiger partial charge on any atom is -0.374 e. The van der Waals surface area contributed by atoms with Gasteiger partial charge in [-0.2, -0.15) is 5.21 Å². The zero-order valence-electron chi connectivity index (χ0n) is 19.0. The fourth-order valence-corrected chi connectivity index (χ4v) is 3.85. The van der Waals surface area contributed by atoms with E-state index >= 15 is 0 Å². The number of tetrazole rings is 1. The van der Waals surface area contributed by atoms with Gasteiger partial charge >= 0.3 is 0 Å². The molecule has 0 bridgehead atoms. The Bertz CT molecular complexity index is 974. The van der Waals surface area contributed by atoms with Crippen LogP contribution in [0.25, 0.3) is 22.5 Å². The Morgan fingerprint density at radius 3 is 2.47 bits per heavy atom.